The maximum absolute atomic E-state index is 13.0. The molecule has 0 saturated carbocycles. The number of nitrogens with one attached hydrogen (secondary N) is 1. The van der Waals surface area contributed by atoms with E-state index in [2.05, 4.69) is 45.4 Å². The van der Waals surface area contributed by atoms with Crippen LogP contribution in [0.2, 0.25) is 0 Å². The fraction of sp³-hybridized carbons (Fsp3) is 0.429. The van der Waals surface area contributed by atoms with Gasteiger partial charge in [-0.1, -0.05) is 41.1 Å². The van der Waals surface area contributed by atoms with Gasteiger partial charge in [0.2, 0.25) is 0 Å². The van der Waals surface area contributed by atoms with Crippen molar-refractivity contribution >= 4 is 15.9 Å². The molecule has 0 aliphatic rings. The Morgan fingerprint density at radius 3 is 2.90 bits per heavy atom. The first kappa shape index (κ1) is 15.1. The first-order valence-corrected chi connectivity index (χ1v) is 7.37. The fourth-order valence-electron chi connectivity index (χ4n) is 1.81. The van der Waals surface area contributed by atoms with Crippen LogP contribution in [-0.2, 0) is 13.1 Å². The van der Waals surface area contributed by atoms with E-state index in [0.29, 0.717) is 19.0 Å². The Morgan fingerprint density at radius 2 is 2.20 bits per heavy atom. The van der Waals surface area contributed by atoms with Gasteiger partial charge in [0, 0.05) is 11.0 Å². The quantitative estimate of drug-likeness (QED) is 0.878. The molecule has 0 saturated heterocycles. The van der Waals surface area contributed by atoms with E-state index in [4.69, 9.17) is 0 Å². The molecule has 0 radical (unpaired) electrons. The number of aromatic nitrogens is 3. The zero-order valence-electron chi connectivity index (χ0n) is 11.6. The summed E-state index contributed by atoms with van der Waals surface area (Å²) < 4.78 is 15.5. The summed E-state index contributed by atoms with van der Waals surface area (Å²) in [5.41, 5.74) is 1.88. The molecule has 0 spiro atoms. The highest BCUT2D eigenvalue weighted by Crippen LogP contribution is 2.18. The Hall–Kier alpha value is -1.27. The van der Waals surface area contributed by atoms with E-state index >= 15 is 0 Å². The molecule has 108 valence electrons. The van der Waals surface area contributed by atoms with Crippen molar-refractivity contribution in [2.45, 2.75) is 26.9 Å². The molecule has 2 rings (SSSR count). The van der Waals surface area contributed by atoms with E-state index in [-0.39, 0.29) is 5.82 Å². The van der Waals surface area contributed by atoms with E-state index in [0.717, 1.165) is 22.3 Å². The molecule has 2 aromatic rings. The van der Waals surface area contributed by atoms with Crippen molar-refractivity contribution < 1.29 is 4.39 Å². The van der Waals surface area contributed by atoms with Gasteiger partial charge in [0.25, 0.3) is 0 Å². The van der Waals surface area contributed by atoms with Crippen LogP contribution >= 0.6 is 15.9 Å². The van der Waals surface area contributed by atoms with Gasteiger partial charge in [-0.05, 0) is 30.2 Å². The topological polar surface area (TPSA) is 42.7 Å². The van der Waals surface area contributed by atoms with Crippen LogP contribution in [0, 0.1) is 11.7 Å². The van der Waals surface area contributed by atoms with E-state index in [1.54, 1.807) is 10.7 Å². The minimum Gasteiger partial charge on any atom is -0.311 e. The number of benzene rings is 1. The highest BCUT2D eigenvalue weighted by atomic mass is 79.9. The summed E-state index contributed by atoms with van der Waals surface area (Å²) in [7, 11) is 0. The lowest BCUT2D eigenvalue weighted by Crippen LogP contribution is -2.19. The summed E-state index contributed by atoms with van der Waals surface area (Å²) in [6.07, 6.45) is 1.91. The van der Waals surface area contributed by atoms with E-state index < -0.39 is 0 Å². The Balaban J connectivity index is 1.95. The van der Waals surface area contributed by atoms with E-state index in [1.165, 1.54) is 12.1 Å². The predicted molar refractivity (Wildman–Crippen MR) is 79.8 cm³/mol. The zero-order chi connectivity index (χ0) is 14.5. The summed E-state index contributed by atoms with van der Waals surface area (Å²) in [6, 6.07) is 4.65. The molecule has 0 fully saturated rings. The lowest BCUT2D eigenvalue weighted by atomic mass is 10.2. The molecule has 1 aromatic heterocycles. The number of rotatable bonds is 6. The van der Waals surface area contributed by atoms with Crippen molar-refractivity contribution in [3.05, 3.63) is 45.9 Å². The van der Waals surface area contributed by atoms with Crippen LogP contribution in [0.15, 0.2) is 28.9 Å². The first-order chi connectivity index (χ1) is 9.54. The van der Waals surface area contributed by atoms with E-state index in [9.17, 15) is 4.39 Å². The molecule has 0 aliphatic carbocycles. The van der Waals surface area contributed by atoms with Crippen molar-refractivity contribution in [2.75, 3.05) is 6.54 Å². The molecule has 1 heterocycles. The smallest absolute Gasteiger partial charge is 0.124 e. The molecule has 1 N–H and O–H groups in total. The third-order valence-corrected chi connectivity index (χ3v) is 3.53. The molecule has 1 aromatic carbocycles. The van der Waals surface area contributed by atoms with Crippen LogP contribution in [0.5, 0.6) is 0 Å². The van der Waals surface area contributed by atoms with Crippen LogP contribution in [0.25, 0.3) is 0 Å². The minimum atomic E-state index is -0.252. The van der Waals surface area contributed by atoms with Crippen molar-refractivity contribution in [1.82, 2.24) is 20.3 Å². The van der Waals surface area contributed by atoms with Gasteiger partial charge in [-0.25, -0.2) is 9.07 Å². The first-order valence-electron chi connectivity index (χ1n) is 6.58. The molecule has 0 atom stereocenters. The maximum atomic E-state index is 13.0. The molecule has 4 nitrogen and oxygen atoms in total. The molecule has 0 amide bonds. The summed E-state index contributed by atoms with van der Waals surface area (Å²) in [6.45, 7) is 6.56. The average Bonchev–Trinajstić information content (AvgIpc) is 2.80. The average molecular weight is 341 g/mol. The number of halogens is 2. The second-order valence-corrected chi connectivity index (χ2v) is 6.02. The Bertz CT molecular complexity index is 568. The van der Waals surface area contributed by atoms with Gasteiger partial charge in [-0.15, -0.1) is 5.10 Å². The largest absolute Gasteiger partial charge is 0.311 e. The molecule has 20 heavy (non-hydrogen) atoms. The molecule has 0 aliphatic heterocycles. The van der Waals surface area contributed by atoms with Crippen molar-refractivity contribution in [1.29, 1.82) is 0 Å². The molecular weight excluding hydrogens is 323 g/mol. The van der Waals surface area contributed by atoms with Crippen LogP contribution in [0.3, 0.4) is 0 Å². The van der Waals surface area contributed by atoms with E-state index in [1.807, 2.05) is 6.20 Å². The summed E-state index contributed by atoms with van der Waals surface area (Å²) in [5.74, 6) is 0.359. The summed E-state index contributed by atoms with van der Waals surface area (Å²) in [5, 5.41) is 11.5. The third-order valence-electron chi connectivity index (χ3n) is 2.79. The van der Waals surface area contributed by atoms with Crippen molar-refractivity contribution in [3.63, 3.8) is 0 Å². The Morgan fingerprint density at radius 1 is 1.40 bits per heavy atom. The minimum absolute atomic E-state index is 0.252. The molecule has 0 bridgehead atoms. The SMILES string of the molecule is CC(C)CNCc1cn(Cc2ccc(F)cc2Br)nn1. The van der Waals surface area contributed by atoms with Gasteiger partial charge in [-0.3, -0.25) is 0 Å². The number of hydrogen-bond acceptors (Lipinski definition) is 3. The molecule has 6 heteroatoms. The second-order valence-electron chi connectivity index (χ2n) is 5.17. The molecular formula is C14H18BrFN4. The van der Waals surface area contributed by atoms with Gasteiger partial charge in [0.05, 0.1) is 18.4 Å². The van der Waals surface area contributed by atoms with Crippen LogP contribution < -0.4 is 5.32 Å². The summed E-state index contributed by atoms with van der Waals surface area (Å²) in [4.78, 5) is 0. The van der Waals surface area contributed by atoms with Gasteiger partial charge < -0.3 is 5.32 Å². The lowest BCUT2D eigenvalue weighted by Gasteiger charge is -2.05. The van der Waals surface area contributed by atoms with Crippen molar-refractivity contribution in [3.8, 4) is 0 Å². The normalized spacial score (nSPS) is 11.2. The fourth-order valence-corrected chi connectivity index (χ4v) is 2.29. The van der Waals surface area contributed by atoms with Crippen LogP contribution in [0.4, 0.5) is 4.39 Å². The highest BCUT2D eigenvalue weighted by Gasteiger charge is 2.05. The zero-order valence-corrected chi connectivity index (χ0v) is 13.2. The number of nitrogens with zero attached hydrogens (tertiary/aromatic N) is 3. The summed E-state index contributed by atoms with van der Waals surface area (Å²) >= 11 is 3.36. The van der Waals surface area contributed by atoms with Crippen molar-refractivity contribution in [2.24, 2.45) is 5.92 Å². The third kappa shape index (κ3) is 4.38. The Labute approximate surface area is 126 Å². The predicted octanol–water partition coefficient (Wildman–Crippen LogP) is 2.97. The highest BCUT2D eigenvalue weighted by molar-refractivity contribution is 9.10. The lowest BCUT2D eigenvalue weighted by molar-refractivity contribution is 0.548. The van der Waals surface area contributed by atoms with Gasteiger partial charge in [0.1, 0.15) is 5.82 Å². The van der Waals surface area contributed by atoms with Gasteiger partial charge >= 0.3 is 0 Å². The maximum Gasteiger partial charge on any atom is 0.124 e. The number of hydrogen-bond donors (Lipinski definition) is 1. The van der Waals surface area contributed by atoms with Gasteiger partial charge in [-0.2, -0.15) is 0 Å². The van der Waals surface area contributed by atoms with Crippen LogP contribution in [-0.4, -0.2) is 21.5 Å². The molecule has 0 unspecified atom stereocenters. The van der Waals surface area contributed by atoms with Crippen LogP contribution in [0.1, 0.15) is 25.1 Å². The second kappa shape index (κ2) is 6.95. The van der Waals surface area contributed by atoms with Gasteiger partial charge in [0.15, 0.2) is 0 Å². The standard InChI is InChI=1S/C14H18BrFN4/c1-10(2)6-17-7-13-9-20(19-18-13)8-11-3-4-12(16)5-14(11)15/h3-5,9-10,17H,6-8H2,1-2H3. The monoisotopic (exact) mass is 340 g/mol. The Kier molecular flexibility index (Phi) is 5.25.